The predicted molar refractivity (Wildman–Crippen MR) is 68.6 cm³/mol. The van der Waals surface area contributed by atoms with Crippen molar-refractivity contribution in [2.24, 2.45) is 0 Å². The van der Waals surface area contributed by atoms with Crippen LogP contribution in [0.2, 0.25) is 0 Å². The van der Waals surface area contributed by atoms with Crippen LogP contribution >= 0.6 is 0 Å². The van der Waals surface area contributed by atoms with E-state index in [1.54, 1.807) is 0 Å². The minimum Gasteiger partial charge on any atom is -0.388 e. The normalized spacial score (nSPS) is 13.1. The molecule has 0 spiro atoms. The Morgan fingerprint density at radius 1 is 1.19 bits per heavy atom. The molecule has 0 saturated heterocycles. The number of benzene rings is 1. The maximum atomic E-state index is 9.96. The average Bonchev–Trinajstić information content (AvgIpc) is 2.27. The number of hydrogen-bond acceptors (Lipinski definition) is 2. The minimum absolute atomic E-state index is 0.335. The second kappa shape index (κ2) is 6.66. The number of hydrogen-bond donors (Lipinski definition) is 1. The maximum absolute atomic E-state index is 9.96. The Kier molecular flexibility index (Phi) is 5.50. The standard InChI is InChI=1S/C14H23NO/c1-4-5-12-6-8-13(9-7-12)14(16)10-11-15(2)3/h6-9,14,16H,4-5,10-11H2,1-3H3. The lowest BCUT2D eigenvalue weighted by Gasteiger charge is -2.15. The zero-order chi connectivity index (χ0) is 12.0. The molecule has 0 bridgehead atoms. The number of aliphatic hydroxyl groups excluding tert-OH is 1. The molecule has 1 unspecified atom stereocenters. The van der Waals surface area contributed by atoms with Gasteiger partial charge in [0.05, 0.1) is 6.10 Å². The molecule has 16 heavy (non-hydrogen) atoms. The third-order valence-electron chi connectivity index (χ3n) is 2.75. The van der Waals surface area contributed by atoms with E-state index in [9.17, 15) is 5.11 Å². The Bertz CT molecular complexity index is 292. The molecular formula is C14H23NO. The molecule has 0 aliphatic carbocycles. The predicted octanol–water partition coefficient (Wildman–Crippen LogP) is 2.62. The van der Waals surface area contributed by atoms with Crippen LogP contribution < -0.4 is 0 Å². The van der Waals surface area contributed by atoms with E-state index in [-0.39, 0.29) is 6.10 Å². The third kappa shape index (κ3) is 4.33. The maximum Gasteiger partial charge on any atom is 0.0802 e. The Morgan fingerprint density at radius 2 is 1.81 bits per heavy atom. The first-order valence-corrected chi connectivity index (χ1v) is 6.05. The van der Waals surface area contributed by atoms with E-state index < -0.39 is 0 Å². The number of aliphatic hydroxyl groups is 1. The second-order valence-electron chi connectivity index (χ2n) is 4.60. The van der Waals surface area contributed by atoms with Gasteiger partial charge in [-0.2, -0.15) is 0 Å². The van der Waals surface area contributed by atoms with Gasteiger partial charge in [0.1, 0.15) is 0 Å². The van der Waals surface area contributed by atoms with Gasteiger partial charge in [-0.1, -0.05) is 37.6 Å². The number of nitrogens with zero attached hydrogens (tertiary/aromatic N) is 1. The summed E-state index contributed by atoms with van der Waals surface area (Å²) in [6.07, 6.45) is 2.74. The van der Waals surface area contributed by atoms with Crippen LogP contribution in [0.3, 0.4) is 0 Å². The van der Waals surface area contributed by atoms with Crippen LogP contribution in [0.1, 0.15) is 37.0 Å². The smallest absolute Gasteiger partial charge is 0.0802 e. The molecule has 0 aromatic heterocycles. The summed E-state index contributed by atoms with van der Waals surface area (Å²) in [6.45, 7) is 3.09. The average molecular weight is 221 g/mol. The van der Waals surface area contributed by atoms with Gasteiger partial charge in [-0.25, -0.2) is 0 Å². The van der Waals surface area contributed by atoms with Crippen molar-refractivity contribution in [1.82, 2.24) is 4.90 Å². The molecule has 0 amide bonds. The van der Waals surface area contributed by atoms with Crippen LogP contribution in [0.15, 0.2) is 24.3 Å². The fourth-order valence-electron chi connectivity index (χ4n) is 1.74. The quantitative estimate of drug-likeness (QED) is 0.798. The van der Waals surface area contributed by atoms with Crippen LogP contribution in [-0.4, -0.2) is 30.6 Å². The Labute approximate surface area is 98.9 Å². The molecule has 0 saturated carbocycles. The van der Waals surface area contributed by atoms with Gasteiger partial charge in [0.15, 0.2) is 0 Å². The van der Waals surface area contributed by atoms with Crippen LogP contribution in [0.4, 0.5) is 0 Å². The van der Waals surface area contributed by atoms with Crippen molar-refractivity contribution >= 4 is 0 Å². The van der Waals surface area contributed by atoms with Gasteiger partial charge in [-0.15, -0.1) is 0 Å². The largest absolute Gasteiger partial charge is 0.388 e. The van der Waals surface area contributed by atoms with Gasteiger partial charge in [0.2, 0.25) is 0 Å². The zero-order valence-electron chi connectivity index (χ0n) is 10.6. The topological polar surface area (TPSA) is 23.5 Å². The highest BCUT2D eigenvalue weighted by Crippen LogP contribution is 2.17. The highest BCUT2D eigenvalue weighted by atomic mass is 16.3. The Balaban J connectivity index is 2.52. The van der Waals surface area contributed by atoms with Crippen molar-refractivity contribution in [3.63, 3.8) is 0 Å². The van der Waals surface area contributed by atoms with Crippen molar-refractivity contribution in [2.75, 3.05) is 20.6 Å². The minimum atomic E-state index is -0.335. The molecule has 1 aromatic rings. The zero-order valence-corrected chi connectivity index (χ0v) is 10.6. The summed E-state index contributed by atoms with van der Waals surface area (Å²) >= 11 is 0. The molecule has 0 aliphatic heterocycles. The molecule has 0 aliphatic rings. The second-order valence-corrected chi connectivity index (χ2v) is 4.60. The van der Waals surface area contributed by atoms with E-state index in [0.717, 1.165) is 24.9 Å². The molecular weight excluding hydrogens is 198 g/mol. The summed E-state index contributed by atoms with van der Waals surface area (Å²) in [4.78, 5) is 2.09. The molecule has 90 valence electrons. The van der Waals surface area contributed by atoms with Gasteiger partial charge in [-0.3, -0.25) is 0 Å². The van der Waals surface area contributed by atoms with Crippen molar-refractivity contribution in [3.05, 3.63) is 35.4 Å². The molecule has 1 atom stereocenters. The van der Waals surface area contributed by atoms with E-state index in [1.165, 1.54) is 12.0 Å². The van der Waals surface area contributed by atoms with Crippen LogP contribution in [-0.2, 0) is 6.42 Å². The van der Waals surface area contributed by atoms with Crippen molar-refractivity contribution in [3.8, 4) is 0 Å². The highest BCUT2D eigenvalue weighted by Gasteiger charge is 2.07. The fourth-order valence-corrected chi connectivity index (χ4v) is 1.74. The monoisotopic (exact) mass is 221 g/mol. The van der Waals surface area contributed by atoms with Gasteiger partial charge in [0, 0.05) is 6.54 Å². The fraction of sp³-hybridized carbons (Fsp3) is 0.571. The summed E-state index contributed by atoms with van der Waals surface area (Å²) in [5, 5.41) is 9.96. The number of rotatable bonds is 6. The molecule has 1 rings (SSSR count). The lowest BCUT2D eigenvalue weighted by molar-refractivity contribution is 0.154. The first kappa shape index (κ1) is 13.2. The molecule has 0 fully saturated rings. The van der Waals surface area contributed by atoms with Gasteiger partial charge >= 0.3 is 0 Å². The third-order valence-corrected chi connectivity index (χ3v) is 2.75. The highest BCUT2D eigenvalue weighted by molar-refractivity contribution is 5.24. The van der Waals surface area contributed by atoms with Gasteiger partial charge in [0.25, 0.3) is 0 Å². The Morgan fingerprint density at radius 3 is 2.31 bits per heavy atom. The van der Waals surface area contributed by atoms with Crippen molar-refractivity contribution < 1.29 is 5.11 Å². The molecule has 1 N–H and O–H groups in total. The van der Waals surface area contributed by atoms with E-state index >= 15 is 0 Å². The summed E-state index contributed by atoms with van der Waals surface area (Å²) in [6, 6.07) is 8.34. The first-order valence-electron chi connectivity index (χ1n) is 6.05. The van der Waals surface area contributed by atoms with E-state index in [4.69, 9.17) is 0 Å². The van der Waals surface area contributed by atoms with E-state index in [0.29, 0.717) is 0 Å². The lowest BCUT2D eigenvalue weighted by Crippen LogP contribution is -2.15. The number of aryl methyl sites for hydroxylation is 1. The van der Waals surface area contributed by atoms with E-state index in [2.05, 4.69) is 24.0 Å². The van der Waals surface area contributed by atoms with Gasteiger partial charge in [-0.05, 0) is 38.1 Å². The lowest BCUT2D eigenvalue weighted by atomic mass is 10.0. The van der Waals surface area contributed by atoms with Crippen molar-refractivity contribution in [2.45, 2.75) is 32.3 Å². The van der Waals surface area contributed by atoms with Crippen LogP contribution in [0.25, 0.3) is 0 Å². The summed E-state index contributed by atoms with van der Waals surface area (Å²) in [5.74, 6) is 0. The van der Waals surface area contributed by atoms with Crippen LogP contribution in [0, 0.1) is 0 Å². The van der Waals surface area contributed by atoms with Crippen LogP contribution in [0.5, 0.6) is 0 Å². The Hall–Kier alpha value is -0.860. The van der Waals surface area contributed by atoms with Crippen molar-refractivity contribution in [1.29, 1.82) is 0 Å². The van der Waals surface area contributed by atoms with E-state index in [1.807, 2.05) is 26.2 Å². The molecule has 1 aromatic carbocycles. The SMILES string of the molecule is CCCc1ccc(C(O)CCN(C)C)cc1. The summed E-state index contributed by atoms with van der Waals surface area (Å²) < 4.78 is 0. The molecule has 0 radical (unpaired) electrons. The first-order chi connectivity index (χ1) is 7.63. The summed E-state index contributed by atoms with van der Waals surface area (Å²) in [5.41, 5.74) is 2.38. The molecule has 2 heteroatoms. The molecule has 2 nitrogen and oxygen atoms in total. The van der Waals surface area contributed by atoms with Gasteiger partial charge < -0.3 is 10.0 Å². The summed E-state index contributed by atoms with van der Waals surface area (Å²) in [7, 11) is 4.05. The molecule has 0 heterocycles.